The van der Waals surface area contributed by atoms with E-state index in [4.69, 9.17) is 27.9 Å². The van der Waals surface area contributed by atoms with Crippen LogP contribution in [-0.2, 0) is 24.2 Å². The van der Waals surface area contributed by atoms with Crippen LogP contribution in [0.15, 0.2) is 71.8 Å². The van der Waals surface area contributed by atoms with E-state index >= 15 is 0 Å². The quantitative estimate of drug-likeness (QED) is 0.353. The summed E-state index contributed by atoms with van der Waals surface area (Å²) in [5.74, 6) is 0.457. The molecule has 0 unspecified atom stereocenters. The molecule has 3 rings (SSSR count). The number of amides is 1. The van der Waals surface area contributed by atoms with Gasteiger partial charge >= 0.3 is 0 Å². The standard InChI is InChI=1S/C24H22Cl2N2O2/c1-2-17-7-9-18(10-8-17)13-24(29)28-27-15-19-5-3-4-6-23(19)30-16-20-11-12-21(25)14-22(20)26/h3-12,14-15H,2,13,16H2,1H3,(H,28,29)/b27-15+. The molecular weight excluding hydrogens is 419 g/mol. The summed E-state index contributed by atoms with van der Waals surface area (Å²) in [7, 11) is 0. The second-order valence-electron chi connectivity index (χ2n) is 6.70. The maximum absolute atomic E-state index is 12.1. The summed E-state index contributed by atoms with van der Waals surface area (Å²) in [6.07, 6.45) is 2.81. The normalized spacial score (nSPS) is 10.9. The molecular formula is C24H22Cl2N2O2. The number of para-hydroxylation sites is 1. The van der Waals surface area contributed by atoms with Gasteiger partial charge in [0, 0.05) is 21.2 Å². The Hall–Kier alpha value is -2.82. The average molecular weight is 441 g/mol. The van der Waals surface area contributed by atoms with Gasteiger partial charge < -0.3 is 4.74 Å². The minimum absolute atomic E-state index is 0.179. The first-order valence-electron chi connectivity index (χ1n) is 9.60. The maximum atomic E-state index is 12.1. The average Bonchev–Trinajstić information content (AvgIpc) is 2.74. The lowest BCUT2D eigenvalue weighted by Crippen LogP contribution is -2.19. The van der Waals surface area contributed by atoms with E-state index in [1.165, 1.54) is 5.56 Å². The van der Waals surface area contributed by atoms with Crippen molar-refractivity contribution in [3.8, 4) is 5.75 Å². The minimum Gasteiger partial charge on any atom is -0.488 e. The van der Waals surface area contributed by atoms with Crippen molar-refractivity contribution in [2.45, 2.75) is 26.4 Å². The number of rotatable bonds is 8. The second-order valence-corrected chi connectivity index (χ2v) is 7.55. The van der Waals surface area contributed by atoms with Crippen LogP contribution in [0.2, 0.25) is 10.0 Å². The van der Waals surface area contributed by atoms with Crippen LogP contribution in [0.5, 0.6) is 5.75 Å². The van der Waals surface area contributed by atoms with Gasteiger partial charge in [-0.3, -0.25) is 4.79 Å². The number of benzene rings is 3. The van der Waals surface area contributed by atoms with E-state index in [-0.39, 0.29) is 12.3 Å². The Labute approximate surface area is 186 Å². The molecule has 0 saturated carbocycles. The van der Waals surface area contributed by atoms with Gasteiger partial charge in [0.1, 0.15) is 12.4 Å². The molecule has 6 heteroatoms. The molecule has 0 aliphatic rings. The number of nitrogens with one attached hydrogen (secondary N) is 1. The van der Waals surface area contributed by atoms with Crippen molar-refractivity contribution in [3.63, 3.8) is 0 Å². The highest BCUT2D eigenvalue weighted by Crippen LogP contribution is 2.23. The Bertz CT molecular complexity index is 1030. The Morgan fingerprint density at radius 2 is 1.77 bits per heavy atom. The highest BCUT2D eigenvalue weighted by atomic mass is 35.5. The van der Waals surface area contributed by atoms with Gasteiger partial charge in [0.2, 0.25) is 5.91 Å². The van der Waals surface area contributed by atoms with Crippen LogP contribution >= 0.6 is 23.2 Å². The van der Waals surface area contributed by atoms with Gasteiger partial charge in [0.25, 0.3) is 0 Å². The molecule has 30 heavy (non-hydrogen) atoms. The lowest BCUT2D eigenvalue weighted by Gasteiger charge is -2.10. The van der Waals surface area contributed by atoms with Crippen molar-refractivity contribution >= 4 is 35.3 Å². The molecule has 4 nitrogen and oxygen atoms in total. The van der Waals surface area contributed by atoms with Gasteiger partial charge in [-0.25, -0.2) is 5.43 Å². The number of hydrazone groups is 1. The van der Waals surface area contributed by atoms with Gasteiger partial charge in [-0.05, 0) is 41.8 Å². The maximum Gasteiger partial charge on any atom is 0.244 e. The van der Waals surface area contributed by atoms with Crippen molar-refractivity contribution in [3.05, 3.63) is 99.0 Å². The minimum atomic E-state index is -0.179. The predicted octanol–water partition coefficient (Wildman–Crippen LogP) is 5.83. The Kier molecular flexibility index (Phi) is 7.89. The van der Waals surface area contributed by atoms with E-state index in [2.05, 4.69) is 17.5 Å². The van der Waals surface area contributed by atoms with Crippen LogP contribution in [0.1, 0.15) is 29.2 Å². The first-order chi connectivity index (χ1) is 14.5. The molecule has 0 spiro atoms. The van der Waals surface area contributed by atoms with Crippen LogP contribution in [0, 0.1) is 0 Å². The third-order valence-corrected chi connectivity index (χ3v) is 5.09. The summed E-state index contributed by atoms with van der Waals surface area (Å²) in [5, 5.41) is 5.19. The molecule has 0 atom stereocenters. The molecule has 3 aromatic rings. The fourth-order valence-corrected chi connectivity index (χ4v) is 3.27. The molecule has 0 aromatic heterocycles. The highest BCUT2D eigenvalue weighted by molar-refractivity contribution is 6.35. The van der Waals surface area contributed by atoms with E-state index in [9.17, 15) is 4.79 Å². The van der Waals surface area contributed by atoms with Gasteiger partial charge in [-0.1, -0.05) is 72.6 Å². The highest BCUT2D eigenvalue weighted by Gasteiger charge is 2.06. The number of halogens is 2. The summed E-state index contributed by atoms with van der Waals surface area (Å²) < 4.78 is 5.89. The van der Waals surface area contributed by atoms with Crippen molar-refractivity contribution in [2.24, 2.45) is 5.10 Å². The molecule has 0 radical (unpaired) electrons. The first kappa shape index (κ1) is 21.9. The topological polar surface area (TPSA) is 50.7 Å². The molecule has 3 aromatic carbocycles. The van der Waals surface area contributed by atoms with Crippen LogP contribution < -0.4 is 10.2 Å². The first-order valence-corrected chi connectivity index (χ1v) is 10.4. The number of hydrogen-bond acceptors (Lipinski definition) is 3. The van der Waals surface area contributed by atoms with Gasteiger partial charge in [-0.15, -0.1) is 0 Å². The molecule has 0 aliphatic heterocycles. The molecule has 1 N–H and O–H groups in total. The van der Waals surface area contributed by atoms with Gasteiger partial charge in [-0.2, -0.15) is 5.10 Å². The summed E-state index contributed by atoms with van der Waals surface area (Å²) in [4.78, 5) is 12.1. The third-order valence-electron chi connectivity index (χ3n) is 4.51. The van der Waals surface area contributed by atoms with Crippen LogP contribution in [0.25, 0.3) is 0 Å². The fourth-order valence-electron chi connectivity index (χ4n) is 2.80. The zero-order valence-corrected chi connectivity index (χ0v) is 18.1. The molecule has 0 aliphatic carbocycles. The lowest BCUT2D eigenvalue weighted by molar-refractivity contribution is -0.120. The van der Waals surface area contributed by atoms with Crippen molar-refractivity contribution in [2.75, 3.05) is 0 Å². The number of ether oxygens (including phenoxy) is 1. The van der Waals surface area contributed by atoms with Gasteiger partial charge in [0.15, 0.2) is 0 Å². The van der Waals surface area contributed by atoms with Crippen molar-refractivity contribution < 1.29 is 9.53 Å². The number of aryl methyl sites for hydroxylation is 1. The van der Waals surface area contributed by atoms with Crippen LogP contribution in [0.4, 0.5) is 0 Å². The van der Waals surface area contributed by atoms with E-state index in [1.807, 2.05) is 54.6 Å². The van der Waals surface area contributed by atoms with Crippen molar-refractivity contribution in [1.29, 1.82) is 0 Å². The molecule has 1 amide bonds. The van der Waals surface area contributed by atoms with Crippen LogP contribution in [0.3, 0.4) is 0 Å². The molecule has 0 fully saturated rings. The second kappa shape index (κ2) is 10.8. The third kappa shape index (κ3) is 6.34. The summed E-state index contributed by atoms with van der Waals surface area (Å²) in [5.41, 5.74) is 6.33. The van der Waals surface area contributed by atoms with E-state index in [0.29, 0.717) is 22.4 Å². The Morgan fingerprint density at radius 1 is 1.03 bits per heavy atom. The molecule has 0 saturated heterocycles. The summed E-state index contributed by atoms with van der Waals surface area (Å²) in [6, 6.07) is 20.7. The zero-order valence-electron chi connectivity index (χ0n) is 16.6. The predicted molar refractivity (Wildman–Crippen MR) is 122 cm³/mol. The van der Waals surface area contributed by atoms with E-state index in [0.717, 1.165) is 23.1 Å². The molecule has 0 heterocycles. The molecule has 0 bridgehead atoms. The monoisotopic (exact) mass is 440 g/mol. The molecule has 154 valence electrons. The summed E-state index contributed by atoms with van der Waals surface area (Å²) in [6.45, 7) is 2.39. The lowest BCUT2D eigenvalue weighted by atomic mass is 10.1. The van der Waals surface area contributed by atoms with Crippen molar-refractivity contribution in [1.82, 2.24) is 5.43 Å². The summed E-state index contributed by atoms with van der Waals surface area (Å²) >= 11 is 12.1. The van der Waals surface area contributed by atoms with E-state index in [1.54, 1.807) is 18.3 Å². The van der Waals surface area contributed by atoms with E-state index < -0.39 is 0 Å². The zero-order chi connectivity index (χ0) is 21.3. The Morgan fingerprint density at radius 3 is 2.50 bits per heavy atom. The number of hydrogen-bond donors (Lipinski definition) is 1. The Balaban J connectivity index is 1.58. The number of carbonyl (C=O) groups excluding carboxylic acids is 1. The largest absolute Gasteiger partial charge is 0.488 e. The number of carbonyl (C=O) groups is 1. The fraction of sp³-hybridized carbons (Fsp3) is 0.167. The van der Waals surface area contributed by atoms with Crippen LogP contribution in [-0.4, -0.2) is 12.1 Å². The smallest absolute Gasteiger partial charge is 0.244 e. The SMILES string of the molecule is CCc1ccc(CC(=O)N/N=C/c2ccccc2OCc2ccc(Cl)cc2Cl)cc1. The van der Waals surface area contributed by atoms with Gasteiger partial charge in [0.05, 0.1) is 12.6 Å². The number of nitrogens with zero attached hydrogens (tertiary/aromatic N) is 1.